The Labute approximate surface area is 113 Å². The summed E-state index contributed by atoms with van der Waals surface area (Å²) in [4.78, 5) is 24.6. The van der Waals surface area contributed by atoms with Crippen molar-refractivity contribution in [1.29, 1.82) is 0 Å². The van der Waals surface area contributed by atoms with Crippen LogP contribution < -0.4 is 11.1 Å². The number of hydrogen-bond acceptors (Lipinski definition) is 3. The van der Waals surface area contributed by atoms with E-state index in [4.69, 9.17) is 5.73 Å². The van der Waals surface area contributed by atoms with Crippen molar-refractivity contribution in [2.45, 2.75) is 20.3 Å². The van der Waals surface area contributed by atoms with Gasteiger partial charge in [0.05, 0.1) is 13.1 Å². The Morgan fingerprint density at radius 2 is 1.95 bits per heavy atom. The lowest BCUT2D eigenvalue weighted by Gasteiger charge is -2.19. The first-order valence-electron chi connectivity index (χ1n) is 6.39. The Balaban J connectivity index is 2.57. The Bertz CT molecular complexity index is 446. The number of anilines is 1. The van der Waals surface area contributed by atoms with Crippen LogP contribution in [-0.4, -0.2) is 36.3 Å². The van der Waals surface area contributed by atoms with Crippen LogP contribution in [0.5, 0.6) is 0 Å². The zero-order valence-electron chi connectivity index (χ0n) is 11.5. The van der Waals surface area contributed by atoms with E-state index in [1.165, 1.54) is 0 Å². The van der Waals surface area contributed by atoms with Crippen molar-refractivity contribution in [2.75, 3.05) is 25.0 Å². The molecule has 5 heteroatoms. The number of hydrogen-bond donors (Lipinski definition) is 2. The molecule has 0 saturated carbocycles. The molecule has 0 radical (unpaired) electrons. The topological polar surface area (TPSA) is 75.4 Å². The maximum Gasteiger partial charge on any atom is 0.238 e. The molecule has 1 aromatic carbocycles. The van der Waals surface area contributed by atoms with Crippen LogP contribution in [0.1, 0.15) is 18.9 Å². The van der Waals surface area contributed by atoms with Crippen molar-refractivity contribution in [1.82, 2.24) is 4.90 Å². The van der Waals surface area contributed by atoms with E-state index in [1.807, 2.05) is 38.1 Å². The molecule has 3 N–H and O–H groups in total. The van der Waals surface area contributed by atoms with Crippen LogP contribution in [0.25, 0.3) is 0 Å². The van der Waals surface area contributed by atoms with Crippen molar-refractivity contribution in [3.8, 4) is 0 Å². The number of nitrogens with zero attached hydrogens (tertiary/aromatic N) is 1. The summed E-state index contributed by atoms with van der Waals surface area (Å²) < 4.78 is 0. The maximum atomic E-state index is 11.9. The van der Waals surface area contributed by atoms with Gasteiger partial charge in [0.15, 0.2) is 0 Å². The molecule has 0 aliphatic rings. The fourth-order valence-corrected chi connectivity index (χ4v) is 1.86. The molecule has 0 spiro atoms. The molecule has 104 valence electrons. The fourth-order valence-electron chi connectivity index (χ4n) is 1.86. The van der Waals surface area contributed by atoms with Gasteiger partial charge in [-0.05, 0) is 31.5 Å². The second kappa shape index (κ2) is 7.53. The molecule has 0 aliphatic carbocycles. The van der Waals surface area contributed by atoms with Crippen LogP contribution in [0, 0.1) is 6.92 Å². The summed E-state index contributed by atoms with van der Waals surface area (Å²) in [6.07, 6.45) is 0.866. The highest BCUT2D eigenvalue weighted by Gasteiger charge is 2.12. The minimum atomic E-state index is -0.419. The van der Waals surface area contributed by atoms with Gasteiger partial charge in [0.25, 0.3) is 0 Å². The molecule has 0 aromatic heterocycles. The predicted molar refractivity (Wildman–Crippen MR) is 75.7 cm³/mol. The SMILES string of the molecule is CCCN(CC(N)=O)CC(=O)Nc1ccccc1C. The second-order valence-corrected chi connectivity index (χ2v) is 4.54. The minimum Gasteiger partial charge on any atom is -0.369 e. The molecule has 2 amide bonds. The van der Waals surface area contributed by atoms with Gasteiger partial charge in [-0.3, -0.25) is 14.5 Å². The third-order valence-electron chi connectivity index (χ3n) is 2.71. The smallest absolute Gasteiger partial charge is 0.238 e. The standard InChI is InChI=1S/C14H21N3O2/c1-3-8-17(9-13(15)18)10-14(19)16-12-7-5-4-6-11(12)2/h4-7H,3,8-10H2,1-2H3,(H2,15,18)(H,16,19). The molecule has 1 rings (SSSR count). The summed E-state index contributed by atoms with van der Waals surface area (Å²) in [5.74, 6) is -0.554. The normalized spacial score (nSPS) is 10.5. The zero-order chi connectivity index (χ0) is 14.3. The first kappa shape index (κ1) is 15.2. The number of para-hydroxylation sites is 1. The van der Waals surface area contributed by atoms with E-state index in [1.54, 1.807) is 4.90 Å². The molecule has 1 aromatic rings. The first-order valence-corrected chi connectivity index (χ1v) is 6.39. The molecule has 0 heterocycles. The number of amides is 2. The van der Waals surface area contributed by atoms with Crippen molar-refractivity contribution in [3.05, 3.63) is 29.8 Å². The average molecular weight is 263 g/mol. The van der Waals surface area contributed by atoms with E-state index < -0.39 is 5.91 Å². The Morgan fingerprint density at radius 3 is 2.53 bits per heavy atom. The van der Waals surface area contributed by atoms with Crippen molar-refractivity contribution in [3.63, 3.8) is 0 Å². The summed E-state index contributed by atoms with van der Waals surface area (Å²) in [5, 5.41) is 2.84. The van der Waals surface area contributed by atoms with E-state index in [0.717, 1.165) is 17.7 Å². The van der Waals surface area contributed by atoms with Gasteiger partial charge in [-0.15, -0.1) is 0 Å². The highest BCUT2D eigenvalue weighted by atomic mass is 16.2. The molecule has 0 atom stereocenters. The van der Waals surface area contributed by atoms with E-state index >= 15 is 0 Å². The minimum absolute atomic E-state index is 0.106. The molecule has 19 heavy (non-hydrogen) atoms. The van der Waals surface area contributed by atoms with E-state index in [2.05, 4.69) is 5.32 Å². The first-order chi connectivity index (χ1) is 9.02. The van der Waals surface area contributed by atoms with Crippen LogP contribution in [0.4, 0.5) is 5.69 Å². The van der Waals surface area contributed by atoms with Gasteiger partial charge < -0.3 is 11.1 Å². The average Bonchev–Trinajstić information content (AvgIpc) is 2.31. The summed E-state index contributed by atoms with van der Waals surface area (Å²) in [6.45, 7) is 4.88. The molecule has 0 unspecified atom stereocenters. The van der Waals surface area contributed by atoms with Crippen molar-refractivity contribution < 1.29 is 9.59 Å². The number of carbonyl (C=O) groups is 2. The quantitative estimate of drug-likeness (QED) is 0.774. The number of carbonyl (C=O) groups excluding carboxylic acids is 2. The number of benzene rings is 1. The Kier molecular flexibility index (Phi) is 6.02. The molecule has 0 saturated heterocycles. The molecule has 0 bridgehead atoms. The van der Waals surface area contributed by atoms with Crippen LogP contribution in [0.3, 0.4) is 0 Å². The van der Waals surface area contributed by atoms with Gasteiger partial charge in [-0.1, -0.05) is 25.1 Å². The Hall–Kier alpha value is -1.88. The monoisotopic (exact) mass is 263 g/mol. The highest BCUT2D eigenvalue weighted by Crippen LogP contribution is 2.12. The lowest BCUT2D eigenvalue weighted by atomic mass is 10.2. The Morgan fingerprint density at radius 1 is 1.26 bits per heavy atom. The van der Waals surface area contributed by atoms with Gasteiger partial charge in [-0.2, -0.15) is 0 Å². The van der Waals surface area contributed by atoms with Crippen LogP contribution in [-0.2, 0) is 9.59 Å². The molecular formula is C14H21N3O2. The van der Waals surface area contributed by atoms with Gasteiger partial charge in [-0.25, -0.2) is 0 Å². The number of rotatable bonds is 7. The molecule has 0 fully saturated rings. The predicted octanol–water partition coefficient (Wildman–Crippen LogP) is 1.13. The van der Waals surface area contributed by atoms with Crippen LogP contribution >= 0.6 is 0 Å². The highest BCUT2D eigenvalue weighted by molar-refractivity contribution is 5.93. The molecular weight excluding hydrogens is 242 g/mol. The van der Waals surface area contributed by atoms with Gasteiger partial charge in [0.1, 0.15) is 0 Å². The molecule has 5 nitrogen and oxygen atoms in total. The number of primary amides is 1. The third-order valence-corrected chi connectivity index (χ3v) is 2.71. The van der Waals surface area contributed by atoms with Crippen LogP contribution in [0.15, 0.2) is 24.3 Å². The summed E-state index contributed by atoms with van der Waals surface area (Å²) in [6, 6.07) is 7.58. The van der Waals surface area contributed by atoms with Gasteiger partial charge >= 0.3 is 0 Å². The van der Waals surface area contributed by atoms with E-state index in [-0.39, 0.29) is 19.0 Å². The van der Waals surface area contributed by atoms with Gasteiger partial charge in [0.2, 0.25) is 11.8 Å². The number of nitrogens with two attached hydrogens (primary N) is 1. The fraction of sp³-hybridized carbons (Fsp3) is 0.429. The third kappa shape index (κ3) is 5.52. The lowest BCUT2D eigenvalue weighted by Crippen LogP contribution is -2.39. The van der Waals surface area contributed by atoms with Crippen molar-refractivity contribution >= 4 is 17.5 Å². The van der Waals surface area contributed by atoms with E-state index in [9.17, 15) is 9.59 Å². The zero-order valence-corrected chi connectivity index (χ0v) is 11.5. The second-order valence-electron chi connectivity index (χ2n) is 4.54. The molecule has 0 aliphatic heterocycles. The van der Waals surface area contributed by atoms with Crippen molar-refractivity contribution in [2.24, 2.45) is 5.73 Å². The maximum absolute atomic E-state index is 11.9. The van der Waals surface area contributed by atoms with Gasteiger partial charge in [0, 0.05) is 5.69 Å². The largest absolute Gasteiger partial charge is 0.369 e. The van der Waals surface area contributed by atoms with E-state index in [0.29, 0.717) is 6.54 Å². The summed E-state index contributed by atoms with van der Waals surface area (Å²) in [5.41, 5.74) is 6.97. The summed E-state index contributed by atoms with van der Waals surface area (Å²) >= 11 is 0. The van der Waals surface area contributed by atoms with Crippen LogP contribution in [0.2, 0.25) is 0 Å². The summed E-state index contributed by atoms with van der Waals surface area (Å²) in [7, 11) is 0. The lowest BCUT2D eigenvalue weighted by molar-refractivity contribution is -0.121. The number of nitrogens with one attached hydrogen (secondary N) is 1. The number of aryl methyl sites for hydroxylation is 1.